The molecule has 2 rings (SSSR count). The van der Waals surface area contributed by atoms with Gasteiger partial charge in [-0.25, -0.2) is 0 Å². The lowest BCUT2D eigenvalue weighted by Crippen LogP contribution is -2.18. The molecule has 1 aromatic carbocycles. The summed E-state index contributed by atoms with van der Waals surface area (Å²) in [6.07, 6.45) is 0. The Kier molecular flexibility index (Phi) is 4.06. The van der Waals surface area contributed by atoms with E-state index in [2.05, 4.69) is 42.2 Å². The van der Waals surface area contributed by atoms with Crippen LogP contribution in [0.4, 0.5) is 11.4 Å². The van der Waals surface area contributed by atoms with Crippen molar-refractivity contribution in [3.63, 3.8) is 0 Å². The number of carbonyl (C=O) groups excluding carboxylic acids is 1. The van der Waals surface area contributed by atoms with E-state index in [1.54, 1.807) is 12.1 Å². The smallest absolute Gasteiger partial charge is 0.272 e. The van der Waals surface area contributed by atoms with Crippen LogP contribution in [0.5, 0.6) is 0 Å². The Morgan fingerprint density at radius 1 is 1.26 bits per heavy atom. The molecule has 1 amide bonds. The lowest BCUT2D eigenvalue weighted by atomic mass is 10.2. The highest BCUT2D eigenvalue weighted by atomic mass is 79.9. The average molecular weight is 387 g/mol. The van der Waals surface area contributed by atoms with Crippen LogP contribution < -0.4 is 16.6 Å². The van der Waals surface area contributed by atoms with E-state index in [1.165, 1.54) is 18.2 Å². The second-order valence-corrected chi connectivity index (χ2v) is 5.50. The molecule has 0 aliphatic carbocycles. The Hall–Kier alpha value is -1.60. The van der Waals surface area contributed by atoms with Gasteiger partial charge in [-0.15, -0.1) is 0 Å². The van der Waals surface area contributed by atoms with Crippen LogP contribution in [0.15, 0.2) is 44.1 Å². The third-order valence-electron chi connectivity index (χ3n) is 2.34. The van der Waals surface area contributed by atoms with Crippen molar-refractivity contribution in [3.05, 3.63) is 55.3 Å². The Bertz CT molecular complexity index is 674. The number of halogens is 2. The molecular formula is C12H9Br2N3O2. The molecule has 0 atom stereocenters. The molecule has 7 heteroatoms. The molecule has 0 fully saturated rings. The zero-order valence-electron chi connectivity index (χ0n) is 9.54. The molecule has 1 heterocycles. The Balaban J connectivity index is 2.32. The topological polar surface area (TPSA) is 88.0 Å². The Morgan fingerprint density at radius 2 is 2.00 bits per heavy atom. The zero-order chi connectivity index (χ0) is 14.0. The maximum Gasteiger partial charge on any atom is 0.272 e. The molecule has 0 aliphatic rings. The van der Waals surface area contributed by atoms with Gasteiger partial charge < -0.3 is 16.0 Å². The number of amides is 1. The number of hydrogen-bond donors (Lipinski definition) is 3. The summed E-state index contributed by atoms with van der Waals surface area (Å²) in [5.41, 5.74) is 6.53. The van der Waals surface area contributed by atoms with E-state index in [9.17, 15) is 9.59 Å². The van der Waals surface area contributed by atoms with Crippen LogP contribution in [0.2, 0.25) is 0 Å². The lowest BCUT2D eigenvalue weighted by Gasteiger charge is -2.10. The van der Waals surface area contributed by atoms with E-state index in [0.717, 1.165) is 4.47 Å². The SMILES string of the molecule is Nc1cc(Br)cc(Br)c1NC(=O)c1cccc(=O)[nH]1. The summed E-state index contributed by atoms with van der Waals surface area (Å²) in [5, 5.41) is 2.65. The molecule has 19 heavy (non-hydrogen) atoms. The first-order chi connectivity index (χ1) is 8.97. The summed E-state index contributed by atoms with van der Waals surface area (Å²) >= 11 is 6.61. The number of aromatic nitrogens is 1. The number of nitrogens with one attached hydrogen (secondary N) is 2. The van der Waals surface area contributed by atoms with E-state index < -0.39 is 5.91 Å². The van der Waals surface area contributed by atoms with Crippen LogP contribution >= 0.6 is 31.9 Å². The molecule has 0 unspecified atom stereocenters. The zero-order valence-corrected chi connectivity index (χ0v) is 12.7. The predicted octanol–water partition coefficient (Wildman–Crippen LogP) is 2.73. The standard InChI is InChI=1S/C12H9Br2N3O2/c13-6-4-7(14)11(8(15)5-6)17-12(19)9-2-1-3-10(18)16-9/h1-5H,15H2,(H,16,18)(H,17,19). The number of nitrogen functional groups attached to an aromatic ring is 1. The van der Waals surface area contributed by atoms with Crippen molar-refractivity contribution >= 4 is 49.1 Å². The predicted molar refractivity (Wildman–Crippen MR) is 81.3 cm³/mol. The van der Waals surface area contributed by atoms with Crippen molar-refractivity contribution in [1.82, 2.24) is 4.98 Å². The molecule has 0 aliphatic heterocycles. The number of benzene rings is 1. The van der Waals surface area contributed by atoms with Gasteiger partial charge in [0.15, 0.2) is 0 Å². The summed E-state index contributed by atoms with van der Waals surface area (Å²) in [5.74, 6) is -0.438. The van der Waals surface area contributed by atoms with E-state index in [-0.39, 0.29) is 11.3 Å². The first-order valence-electron chi connectivity index (χ1n) is 5.22. The summed E-state index contributed by atoms with van der Waals surface area (Å²) in [4.78, 5) is 25.6. The maximum atomic E-state index is 12.0. The largest absolute Gasteiger partial charge is 0.397 e. The van der Waals surface area contributed by atoms with Crippen molar-refractivity contribution in [1.29, 1.82) is 0 Å². The Labute approximate surface area is 125 Å². The van der Waals surface area contributed by atoms with Crippen molar-refractivity contribution < 1.29 is 4.79 Å². The second kappa shape index (κ2) is 5.58. The quantitative estimate of drug-likeness (QED) is 0.693. The summed E-state index contributed by atoms with van der Waals surface area (Å²) < 4.78 is 1.44. The lowest BCUT2D eigenvalue weighted by molar-refractivity contribution is 0.102. The molecule has 1 aromatic heterocycles. The maximum absolute atomic E-state index is 12.0. The number of hydrogen-bond acceptors (Lipinski definition) is 3. The molecule has 4 N–H and O–H groups in total. The molecule has 0 saturated carbocycles. The van der Waals surface area contributed by atoms with Crippen molar-refractivity contribution in [2.24, 2.45) is 0 Å². The van der Waals surface area contributed by atoms with Crippen molar-refractivity contribution in [2.75, 3.05) is 11.1 Å². The molecule has 98 valence electrons. The molecular weight excluding hydrogens is 378 g/mol. The van der Waals surface area contributed by atoms with E-state index in [4.69, 9.17) is 5.73 Å². The van der Waals surface area contributed by atoms with Crippen LogP contribution in [0.1, 0.15) is 10.5 Å². The van der Waals surface area contributed by atoms with Gasteiger partial charge in [0.05, 0.1) is 11.4 Å². The van der Waals surface area contributed by atoms with Crippen LogP contribution in [0, 0.1) is 0 Å². The minimum atomic E-state index is -0.438. The van der Waals surface area contributed by atoms with Crippen LogP contribution in [0.3, 0.4) is 0 Å². The highest BCUT2D eigenvalue weighted by Crippen LogP contribution is 2.32. The van der Waals surface area contributed by atoms with Crippen LogP contribution in [-0.2, 0) is 0 Å². The Morgan fingerprint density at radius 3 is 2.63 bits per heavy atom. The number of H-pyrrole nitrogens is 1. The highest BCUT2D eigenvalue weighted by Gasteiger charge is 2.12. The molecule has 0 spiro atoms. The van der Waals surface area contributed by atoms with Gasteiger partial charge in [-0.05, 0) is 34.1 Å². The van der Waals surface area contributed by atoms with E-state index in [1.807, 2.05) is 0 Å². The van der Waals surface area contributed by atoms with Crippen molar-refractivity contribution in [2.45, 2.75) is 0 Å². The minimum absolute atomic E-state index is 0.168. The number of carbonyl (C=O) groups is 1. The first kappa shape index (κ1) is 13.8. The monoisotopic (exact) mass is 385 g/mol. The van der Waals surface area contributed by atoms with Gasteiger partial charge in [0, 0.05) is 15.0 Å². The molecule has 0 saturated heterocycles. The highest BCUT2D eigenvalue weighted by molar-refractivity contribution is 9.11. The van der Waals surface area contributed by atoms with Gasteiger partial charge in [0.2, 0.25) is 5.56 Å². The number of aromatic amines is 1. The van der Waals surface area contributed by atoms with Crippen molar-refractivity contribution in [3.8, 4) is 0 Å². The van der Waals surface area contributed by atoms with Gasteiger partial charge in [-0.2, -0.15) is 0 Å². The fourth-order valence-electron chi connectivity index (χ4n) is 1.49. The second-order valence-electron chi connectivity index (χ2n) is 3.73. The van der Waals surface area contributed by atoms with Gasteiger partial charge in [0.25, 0.3) is 5.91 Å². The molecule has 2 aromatic rings. The van der Waals surface area contributed by atoms with Gasteiger partial charge in [-0.3, -0.25) is 9.59 Å². The van der Waals surface area contributed by atoms with Crippen LogP contribution in [-0.4, -0.2) is 10.9 Å². The third kappa shape index (κ3) is 3.24. The van der Waals surface area contributed by atoms with Gasteiger partial charge in [0.1, 0.15) is 5.69 Å². The third-order valence-corrected chi connectivity index (χ3v) is 3.42. The summed E-state index contributed by atoms with van der Waals surface area (Å²) in [7, 11) is 0. The first-order valence-corrected chi connectivity index (χ1v) is 6.81. The average Bonchev–Trinajstić information content (AvgIpc) is 2.33. The molecule has 0 radical (unpaired) electrons. The number of pyridine rings is 1. The number of anilines is 2. The van der Waals surface area contributed by atoms with Crippen LogP contribution in [0.25, 0.3) is 0 Å². The number of nitrogens with two attached hydrogens (primary N) is 1. The fraction of sp³-hybridized carbons (Fsp3) is 0. The van der Waals surface area contributed by atoms with Gasteiger partial charge in [-0.1, -0.05) is 22.0 Å². The number of rotatable bonds is 2. The fourth-order valence-corrected chi connectivity index (χ4v) is 2.84. The van der Waals surface area contributed by atoms with E-state index in [0.29, 0.717) is 15.8 Å². The minimum Gasteiger partial charge on any atom is -0.397 e. The van der Waals surface area contributed by atoms with Gasteiger partial charge >= 0.3 is 0 Å². The normalized spacial score (nSPS) is 10.2. The van der Waals surface area contributed by atoms with E-state index >= 15 is 0 Å². The summed E-state index contributed by atoms with van der Waals surface area (Å²) in [6, 6.07) is 7.79. The summed E-state index contributed by atoms with van der Waals surface area (Å²) in [6.45, 7) is 0. The molecule has 0 bridgehead atoms. The molecule has 5 nitrogen and oxygen atoms in total.